The number of aromatic nitrogens is 2. The van der Waals surface area contributed by atoms with E-state index < -0.39 is 4.92 Å². The lowest BCUT2D eigenvalue weighted by Gasteiger charge is -2.11. The maximum absolute atomic E-state index is 11.1. The number of hydrogen-bond donors (Lipinski definition) is 1. The highest BCUT2D eigenvalue weighted by Crippen LogP contribution is 2.31. The number of nitrogens with one attached hydrogen (secondary N) is 1. The van der Waals surface area contributed by atoms with E-state index in [0.717, 1.165) is 5.56 Å². The fourth-order valence-electron chi connectivity index (χ4n) is 1.71. The Bertz CT molecular complexity index is 691. The van der Waals surface area contributed by atoms with Crippen molar-refractivity contribution in [3.8, 4) is 0 Å². The summed E-state index contributed by atoms with van der Waals surface area (Å²) < 4.78 is 0. The number of hydrogen-bond acceptors (Lipinski definition) is 5. The molecule has 0 atom stereocenters. The van der Waals surface area contributed by atoms with E-state index in [-0.39, 0.29) is 22.5 Å². The third-order valence-electron chi connectivity index (χ3n) is 2.73. The molecule has 0 radical (unpaired) electrons. The van der Waals surface area contributed by atoms with Gasteiger partial charge in [0, 0.05) is 10.7 Å². The van der Waals surface area contributed by atoms with Crippen LogP contribution in [0.25, 0.3) is 0 Å². The van der Waals surface area contributed by atoms with Crippen molar-refractivity contribution in [3.05, 3.63) is 49.9 Å². The lowest BCUT2D eigenvalue weighted by Crippen LogP contribution is -2.05. The second-order valence-corrected chi connectivity index (χ2v) is 4.82. The molecule has 2 aromatic rings. The average Bonchev–Trinajstić information content (AvgIpc) is 2.33. The van der Waals surface area contributed by atoms with Crippen LogP contribution in [0.5, 0.6) is 0 Å². The van der Waals surface area contributed by atoms with Crippen molar-refractivity contribution in [2.24, 2.45) is 0 Å². The predicted octanol–water partition coefficient (Wildman–Crippen LogP) is 4.05. The Morgan fingerprint density at radius 3 is 2.60 bits per heavy atom. The summed E-state index contributed by atoms with van der Waals surface area (Å²) in [5.41, 5.74) is 1.36. The smallest absolute Gasteiger partial charge is 0.332 e. The SMILES string of the molecule is Cc1nc(Cl)nc(Nc2cccc(Cl)c2C)c1[N+](=O)[O-]. The van der Waals surface area contributed by atoms with E-state index >= 15 is 0 Å². The molecule has 2 rings (SSSR count). The molecule has 0 aliphatic heterocycles. The summed E-state index contributed by atoms with van der Waals surface area (Å²) in [6, 6.07) is 5.21. The summed E-state index contributed by atoms with van der Waals surface area (Å²) in [5, 5.41) is 14.5. The van der Waals surface area contributed by atoms with Crippen LogP contribution in [-0.2, 0) is 0 Å². The molecule has 104 valence electrons. The maximum Gasteiger partial charge on any atom is 0.332 e. The van der Waals surface area contributed by atoms with Gasteiger partial charge in [-0.1, -0.05) is 17.7 Å². The number of benzene rings is 1. The Balaban J connectivity index is 2.53. The highest BCUT2D eigenvalue weighted by molar-refractivity contribution is 6.31. The highest BCUT2D eigenvalue weighted by atomic mass is 35.5. The van der Waals surface area contributed by atoms with Crippen LogP contribution in [0.2, 0.25) is 10.3 Å². The number of aryl methyl sites for hydroxylation is 1. The van der Waals surface area contributed by atoms with Gasteiger partial charge in [0.15, 0.2) is 0 Å². The van der Waals surface area contributed by atoms with Crippen molar-refractivity contribution in [1.82, 2.24) is 9.97 Å². The van der Waals surface area contributed by atoms with Gasteiger partial charge in [-0.2, -0.15) is 4.98 Å². The van der Waals surface area contributed by atoms with Gasteiger partial charge in [0.05, 0.1) is 4.92 Å². The van der Waals surface area contributed by atoms with Gasteiger partial charge in [-0.15, -0.1) is 0 Å². The molecule has 1 aromatic carbocycles. The zero-order chi connectivity index (χ0) is 14.9. The van der Waals surface area contributed by atoms with Crippen molar-refractivity contribution in [2.45, 2.75) is 13.8 Å². The van der Waals surface area contributed by atoms with Crippen LogP contribution >= 0.6 is 23.2 Å². The summed E-state index contributed by atoms with van der Waals surface area (Å²) in [6.45, 7) is 3.30. The summed E-state index contributed by atoms with van der Waals surface area (Å²) >= 11 is 11.8. The van der Waals surface area contributed by atoms with Crippen LogP contribution in [0.3, 0.4) is 0 Å². The lowest BCUT2D eigenvalue weighted by molar-refractivity contribution is -0.385. The van der Waals surface area contributed by atoms with Crippen molar-refractivity contribution in [3.63, 3.8) is 0 Å². The molecule has 1 heterocycles. The second kappa shape index (κ2) is 5.60. The van der Waals surface area contributed by atoms with Crippen molar-refractivity contribution >= 4 is 40.4 Å². The average molecular weight is 313 g/mol. The molecule has 8 heteroatoms. The van der Waals surface area contributed by atoms with Gasteiger partial charge in [0.1, 0.15) is 5.69 Å². The summed E-state index contributed by atoms with van der Waals surface area (Å²) in [6.07, 6.45) is 0. The summed E-state index contributed by atoms with van der Waals surface area (Å²) in [7, 11) is 0. The first-order valence-corrected chi connectivity index (χ1v) is 6.36. The normalized spacial score (nSPS) is 10.4. The predicted molar refractivity (Wildman–Crippen MR) is 77.9 cm³/mol. The van der Waals surface area contributed by atoms with Crippen molar-refractivity contribution < 1.29 is 4.92 Å². The Morgan fingerprint density at radius 2 is 1.95 bits per heavy atom. The number of nitrogens with zero attached hydrogens (tertiary/aromatic N) is 3. The fraction of sp³-hybridized carbons (Fsp3) is 0.167. The van der Waals surface area contributed by atoms with Crippen LogP contribution in [0.1, 0.15) is 11.3 Å². The minimum absolute atomic E-state index is 0.0397. The topological polar surface area (TPSA) is 81.0 Å². The second-order valence-electron chi connectivity index (χ2n) is 4.07. The van der Waals surface area contributed by atoms with Crippen LogP contribution in [0.15, 0.2) is 18.2 Å². The largest absolute Gasteiger partial charge is 0.334 e. The Labute approximate surface area is 124 Å². The fourth-order valence-corrected chi connectivity index (χ4v) is 2.09. The Kier molecular flexibility index (Phi) is 4.06. The van der Waals surface area contributed by atoms with Crippen LogP contribution < -0.4 is 5.32 Å². The van der Waals surface area contributed by atoms with Gasteiger partial charge in [-0.05, 0) is 43.1 Å². The first-order valence-electron chi connectivity index (χ1n) is 5.61. The van der Waals surface area contributed by atoms with Gasteiger partial charge < -0.3 is 5.32 Å². The Hall–Kier alpha value is -1.92. The minimum Gasteiger partial charge on any atom is -0.334 e. The maximum atomic E-state index is 11.1. The molecule has 6 nitrogen and oxygen atoms in total. The summed E-state index contributed by atoms with van der Waals surface area (Å²) in [4.78, 5) is 18.2. The third-order valence-corrected chi connectivity index (χ3v) is 3.31. The molecule has 0 saturated carbocycles. The van der Waals surface area contributed by atoms with Crippen molar-refractivity contribution in [1.29, 1.82) is 0 Å². The molecular weight excluding hydrogens is 303 g/mol. The van der Waals surface area contributed by atoms with E-state index in [4.69, 9.17) is 23.2 Å². The van der Waals surface area contributed by atoms with Crippen LogP contribution in [-0.4, -0.2) is 14.9 Å². The van der Waals surface area contributed by atoms with Gasteiger partial charge >= 0.3 is 5.69 Å². The highest BCUT2D eigenvalue weighted by Gasteiger charge is 2.22. The molecular formula is C12H10Cl2N4O2. The van der Waals surface area contributed by atoms with Gasteiger partial charge in [0.2, 0.25) is 11.1 Å². The number of halogens is 2. The lowest BCUT2D eigenvalue weighted by atomic mass is 10.2. The molecule has 0 saturated heterocycles. The molecule has 0 spiro atoms. The van der Waals surface area contributed by atoms with E-state index in [2.05, 4.69) is 15.3 Å². The number of nitro groups is 1. The zero-order valence-corrected chi connectivity index (χ0v) is 12.2. The van der Waals surface area contributed by atoms with Gasteiger partial charge in [-0.25, -0.2) is 4.98 Å². The quantitative estimate of drug-likeness (QED) is 0.525. The van der Waals surface area contributed by atoms with E-state index in [1.165, 1.54) is 6.92 Å². The monoisotopic (exact) mass is 312 g/mol. The minimum atomic E-state index is -0.548. The standard InChI is InChI=1S/C12H10Cl2N4O2/c1-6-8(13)4-3-5-9(6)16-11-10(18(19)20)7(2)15-12(14)17-11/h3-5H,1-2H3,(H,15,16,17). The number of anilines is 2. The molecule has 1 aromatic heterocycles. The molecule has 1 N–H and O–H groups in total. The molecule has 20 heavy (non-hydrogen) atoms. The van der Waals surface area contributed by atoms with E-state index in [1.807, 2.05) is 0 Å². The van der Waals surface area contributed by atoms with Gasteiger partial charge in [0.25, 0.3) is 0 Å². The first kappa shape index (κ1) is 14.5. The molecule has 0 fully saturated rings. The molecule has 0 bridgehead atoms. The first-order chi connectivity index (χ1) is 9.40. The molecule has 0 aliphatic carbocycles. The number of rotatable bonds is 3. The molecule has 0 aliphatic rings. The van der Waals surface area contributed by atoms with Gasteiger partial charge in [-0.3, -0.25) is 10.1 Å². The molecule has 0 unspecified atom stereocenters. The Morgan fingerprint density at radius 1 is 1.25 bits per heavy atom. The summed E-state index contributed by atoms with van der Waals surface area (Å²) in [5.74, 6) is 0.0397. The van der Waals surface area contributed by atoms with E-state index in [1.54, 1.807) is 25.1 Å². The zero-order valence-electron chi connectivity index (χ0n) is 10.6. The molecule has 0 amide bonds. The van der Waals surface area contributed by atoms with E-state index in [0.29, 0.717) is 10.7 Å². The van der Waals surface area contributed by atoms with E-state index in [9.17, 15) is 10.1 Å². The third kappa shape index (κ3) is 2.81. The van der Waals surface area contributed by atoms with Crippen molar-refractivity contribution in [2.75, 3.05) is 5.32 Å². The van der Waals surface area contributed by atoms with Crippen LogP contribution in [0, 0.1) is 24.0 Å². The van der Waals surface area contributed by atoms with Crippen LogP contribution in [0.4, 0.5) is 17.2 Å².